The third kappa shape index (κ3) is 3.90. The van der Waals surface area contributed by atoms with E-state index < -0.39 is 0 Å². The largest absolute Gasteiger partial charge is 0.309 e. The molecule has 0 bridgehead atoms. The molecule has 0 saturated heterocycles. The second kappa shape index (κ2) is 8.69. The molecule has 5 aromatic carbocycles. The minimum Gasteiger partial charge on any atom is -0.309 e. The average molecular weight is 486 g/mol. The van der Waals surface area contributed by atoms with Gasteiger partial charge in [-0.15, -0.1) is 0 Å². The van der Waals surface area contributed by atoms with Gasteiger partial charge in [-0.1, -0.05) is 111 Å². The summed E-state index contributed by atoms with van der Waals surface area (Å²) in [5.74, 6) is 0. The molecule has 6 aromatic rings. The lowest BCUT2D eigenvalue weighted by Crippen LogP contribution is -2.10. The zero-order valence-electron chi connectivity index (χ0n) is 20.8. The molecule has 0 aliphatic rings. The van der Waals surface area contributed by atoms with E-state index in [4.69, 9.17) is 11.6 Å². The van der Waals surface area contributed by atoms with Gasteiger partial charge in [0, 0.05) is 21.5 Å². The molecule has 0 aliphatic heterocycles. The van der Waals surface area contributed by atoms with Crippen molar-refractivity contribution in [2.24, 2.45) is 0 Å². The number of fused-ring (bicyclic) bond motifs is 3. The Bertz CT molecular complexity index is 1680. The fourth-order valence-corrected chi connectivity index (χ4v) is 5.32. The standard InChI is InChI=1S/C34H28ClN/c1-34(2,3)26-16-12-23(13-17-26)24-14-19-28(20-15-24)36-31-21-18-27(35)22-30(31)33-29(10-7-11-32(33)36)25-8-5-4-6-9-25/h4-22H,1-3H3. The van der Waals surface area contributed by atoms with Crippen molar-refractivity contribution in [1.82, 2.24) is 4.57 Å². The molecule has 0 aliphatic carbocycles. The van der Waals surface area contributed by atoms with Gasteiger partial charge in [-0.05, 0) is 69.6 Å². The maximum Gasteiger partial charge on any atom is 0.0547 e. The Labute approximate surface area is 217 Å². The van der Waals surface area contributed by atoms with E-state index in [1.165, 1.54) is 44.1 Å². The van der Waals surface area contributed by atoms with Crippen LogP contribution in [0, 0.1) is 0 Å². The van der Waals surface area contributed by atoms with E-state index in [-0.39, 0.29) is 5.41 Å². The van der Waals surface area contributed by atoms with Gasteiger partial charge < -0.3 is 4.57 Å². The number of rotatable bonds is 3. The predicted molar refractivity (Wildman–Crippen MR) is 155 cm³/mol. The fourth-order valence-electron chi connectivity index (χ4n) is 5.14. The summed E-state index contributed by atoms with van der Waals surface area (Å²) in [6.45, 7) is 6.75. The third-order valence-electron chi connectivity index (χ3n) is 7.05. The molecule has 0 saturated carbocycles. The van der Waals surface area contributed by atoms with Crippen LogP contribution in [-0.4, -0.2) is 4.57 Å². The first-order chi connectivity index (χ1) is 17.4. The number of halogens is 1. The molecule has 1 nitrogen and oxygen atoms in total. The van der Waals surface area contributed by atoms with Crippen molar-refractivity contribution < 1.29 is 0 Å². The fraction of sp³-hybridized carbons (Fsp3) is 0.118. The molecule has 0 spiro atoms. The highest BCUT2D eigenvalue weighted by Gasteiger charge is 2.17. The van der Waals surface area contributed by atoms with Gasteiger partial charge in [0.2, 0.25) is 0 Å². The summed E-state index contributed by atoms with van der Waals surface area (Å²) >= 11 is 6.49. The second-order valence-corrected chi connectivity index (χ2v) is 10.9. The van der Waals surface area contributed by atoms with E-state index in [9.17, 15) is 0 Å². The minimum absolute atomic E-state index is 0.153. The van der Waals surface area contributed by atoms with E-state index in [1.54, 1.807) is 0 Å². The van der Waals surface area contributed by atoms with Crippen LogP contribution in [0.2, 0.25) is 5.02 Å². The van der Waals surface area contributed by atoms with Crippen molar-refractivity contribution >= 4 is 33.4 Å². The van der Waals surface area contributed by atoms with Crippen LogP contribution in [0.25, 0.3) is 49.7 Å². The first-order valence-corrected chi connectivity index (χ1v) is 12.8. The summed E-state index contributed by atoms with van der Waals surface area (Å²) in [6.07, 6.45) is 0. The molecule has 0 amide bonds. The van der Waals surface area contributed by atoms with Gasteiger partial charge in [-0.3, -0.25) is 0 Å². The number of hydrogen-bond acceptors (Lipinski definition) is 0. The van der Waals surface area contributed by atoms with E-state index in [0.29, 0.717) is 0 Å². The predicted octanol–water partition coefficient (Wildman–Crippen LogP) is 10.1. The summed E-state index contributed by atoms with van der Waals surface area (Å²) in [5.41, 5.74) is 9.84. The molecule has 6 rings (SSSR count). The van der Waals surface area contributed by atoms with Gasteiger partial charge in [-0.25, -0.2) is 0 Å². The van der Waals surface area contributed by atoms with Crippen LogP contribution in [0.1, 0.15) is 26.3 Å². The van der Waals surface area contributed by atoms with Gasteiger partial charge in [0.25, 0.3) is 0 Å². The van der Waals surface area contributed by atoms with E-state index in [0.717, 1.165) is 16.2 Å². The average Bonchev–Trinajstić information content (AvgIpc) is 3.22. The maximum atomic E-state index is 6.49. The van der Waals surface area contributed by atoms with Crippen molar-refractivity contribution in [1.29, 1.82) is 0 Å². The normalized spacial score (nSPS) is 11.9. The summed E-state index contributed by atoms with van der Waals surface area (Å²) in [6, 6.07) is 41.1. The molecule has 0 radical (unpaired) electrons. The topological polar surface area (TPSA) is 4.93 Å². The molecule has 1 heterocycles. The Balaban J connectivity index is 1.51. The molecule has 2 heteroatoms. The Morgan fingerprint density at radius 1 is 0.583 bits per heavy atom. The number of benzene rings is 5. The molecule has 36 heavy (non-hydrogen) atoms. The highest BCUT2D eigenvalue weighted by atomic mass is 35.5. The van der Waals surface area contributed by atoms with Gasteiger partial charge in [0.1, 0.15) is 0 Å². The van der Waals surface area contributed by atoms with E-state index in [1.807, 2.05) is 6.07 Å². The smallest absolute Gasteiger partial charge is 0.0547 e. The molecule has 0 unspecified atom stereocenters. The highest BCUT2D eigenvalue weighted by molar-refractivity contribution is 6.32. The zero-order valence-corrected chi connectivity index (χ0v) is 21.6. The van der Waals surface area contributed by atoms with Crippen LogP contribution in [0.3, 0.4) is 0 Å². The van der Waals surface area contributed by atoms with Crippen molar-refractivity contribution in [3.8, 4) is 27.9 Å². The van der Waals surface area contributed by atoms with Crippen molar-refractivity contribution in [2.45, 2.75) is 26.2 Å². The summed E-state index contributed by atoms with van der Waals surface area (Å²) < 4.78 is 2.35. The molecule has 0 N–H and O–H groups in total. The van der Waals surface area contributed by atoms with Crippen LogP contribution in [0.4, 0.5) is 0 Å². The molecule has 1 aromatic heterocycles. The molecule has 176 valence electrons. The van der Waals surface area contributed by atoms with Gasteiger partial charge in [0.05, 0.1) is 11.0 Å². The van der Waals surface area contributed by atoms with E-state index in [2.05, 4.69) is 135 Å². The van der Waals surface area contributed by atoms with Crippen LogP contribution in [-0.2, 0) is 5.41 Å². The Kier molecular flexibility index (Phi) is 5.47. The number of aromatic nitrogens is 1. The summed E-state index contributed by atoms with van der Waals surface area (Å²) in [4.78, 5) is 0. The van der Waals surface area contributed by atoms with E-state index >= 15 is 0 Å². The molecule has 0 fully saturated rings. The van der Waals surface area contributed by atoms with Gasteiger partial charge in [-0.2, -0.15) is 0 Å². The first kappa shape index (κ1) is 22.6. The minimum atomic E-state index is 0.153. The summed E-state index contributed by atoms with van der Waals surface area (Å²) in [5, 5.41) is 3.14. The zero-order chi connectivity index (χ0) is 24.9. The Hall–Kier alpha value is -3.81. The lowest BCUT2D eigenvalue weighted by Gasteiger charge is -2.19. The molecule has 0 atom stereocenters. The molecular formula is C34H28ClN. The van der Waals surface area contributed by atoms with Crippen LogP contribution in [0.5, 0.6) is 0 Å². The van der Waals surface area contributed by atoms with Crippen LogP contribution < -0.4 is 0 Å². The molecular weight excluding hydrogens is 458 g/mol. The van der Waals surface area contributed by atoms with Crippen LogP contribution >= 0.6 is 11.6 Å². The Morgan fingerprint density at radius 2 is 1.25 bits per heavy atom. The van der Waals surface area contributed by atoms with Gasteiger partial charge >= 0.3 is 0 Å². The quantitative estimate of drug-likeness (QED) is 0.235. The lowest BCUT2D eigenvalue weighted by atomic mass is 9.86. The first-order valence-electron chi connectivity index (χ1n) is 12.4. The summed E-state index contributed by atoms with van der Waals surface area (Å²) in [7, 11) is 0. The van der Waals surface area contributed by atoms with Gasteiger partial charge in [0.15, 0.2) is 0 Å². The van der Waals surface area contributed by atoms with Crippen LogP contribution in [0.15, 0.2) is 115 Å². The van der Waals surface area contributed by atoms with Crippen molar-refractivity contribution in [3.63, 3.8) is 0 Å². The third-order valence-corrected chi connectivity index (χ3v) is 7.28. The van der Waals surface area contributed by atoms with Crippen molar-refractivity contribution in [3.05, 3.63) is 126 Å². The second-order valence-electron chi connectivity index (χ2n) is 10.4. The van der Waals surface area contributed by atoms with Crippen molar-refractivity contribution in [2.75, 3.05) is 0 Å². The Morgan fingerprint density at radius 3 is 1.92 bits per heavy atom. The highest BCUT2D eigenvalue weighted by Crippen LogP contribution is 2.39. The SMILES string of the molecule is CC(C)(C)c1ccc(-c2ccc(-n3c4ccc(Cl)cc4c4c(-c5ccccc5)cccc43)cc2)cc1. The monoisotopic (exact) mass is 485 g/mol. The lowest BCUT2D eigenvalue weighted by molar-refractivity contribution is 0.590. The maximum absolute atomic E-state index is 6.49. The number of hydrogen-bond donors (Lipinski definition) is 0. The number of nitrogens with zero attached hydrogens (tertiary/aromatic N) is 1.